The van der Waals surface area contributed by atoms with Crippen LogP contribution >= 0.6 is 0 Å². The van der Waals surface area contributed by atoms with Crippen LogP contribution < -0.4 is 5.73 Å². The second kappa shape index (κ2) is 5.26. The molecule has 0 bridgehead atoms. The van der Waals surface area contributed by atoms with Gasteiger partial charge in [-0.05, 0) is 25.5 Å². The van der Waals surface area contributed by atoms with Gasteiger partial charge >= 0.3 is 0 Å². The first-order valence-electron chi connectivity index (χ1n) is 5.47. The van der Waals surface area contributed by atoms with Crippen LogP contribution in [-0.2, 0) is 6.54 Å². The van der Waals surface area contributed by atoms with E-state index in [0.717, 1.165) is 0 Å². The monoisotopic (exact) mass is 213 g/mol. The Kier molecular flexibility index (Phi) is 4.27. The molecule has 0 spiro atoms. The van der Waals surface area contributed by atoms with Gasteiger partial charge in [-0.25, -0.2) is 4.39 Å². The molecule has 2 unspecified atom stereocenters. The Morgan fingerprint density at radius 1 is 1.53 bits per heavy atom. The molecule has 0 aliphatic rings. The molecule has 0 aliphatic heterocycles. The van der Waals surface area contributed by atoms with E-state index in [1.807, 2.05) is 20.8 Å². The van der Waals surface area contributed by atoms with Crippen LogP contribution in [0.4, 0.5) is 4.39 Å². The summed E-state index contributed by atoms with van der Waals surface area (Å²) in [5, 5.41) is 4.07. The molecular weight excluding hydrogens is 193 g/mol. The minimum absolute atomic E-state index is 0.132. The Bertz CT molecular complexity index is 296. The SMILES string of the molecule is CCn1nccc1C(F)C(CN)C(C)C. The summed E-state index contributed by atoms with van der Waals surface area (Å²) >= 11 is 0. The Morgan fingerprint density at radius 3 is 2.67 bits per heavy atom. The first-order chi connectivity index (χ1) is 7.11. The quantitative estimate of drug-likeness (QED) is 0.814. The van der Waals surface area contributed by atoms with E-state index in [1.54, 1.807) is 16.9 Å². The van der Waals surface area contributed by atoms with Gasteiger partial charge in [-0.1, -0.05) is 13.8 Å². The van der Waals surface area contributed by atoms with E-state index >= 15 is 0 Å². The van der Waals surface area contributed by atoms with Crippen molar-refractivity contribution >= 4 is 0 Å². The predicted octanol–water partition coefficient (Wildman–Crippen LogP) is 2.14. The van der Waals surface area contributed by atoms with Crippen molar-refractivity contribution < 1.29 is 4.39 Å². The molecule has 0 fully saturated rings. The summed E-state index contributed by atoms with van der Waals surface area (Å²) in [7, 11) is 0. The summed E-state index contributed by atoms with van der Waals surface area (Å²) in [5.74, 6) is 0.109. The van der Waals surface area contributed by atoms with E-state index < -0.39 is 6.17 Å². The van der Waals surface area contributed by atoms with Crippen LogP contribution in [0.3, 0.4) is 0 Å². The highest BCUT2D eigenvalue weighted by Gasteiger charge is 2.26. The molecule has 2 atom stereocenters. The van der Waals surface area contributed by atoms with Crippen LogP contribution in [0.1, 0.15) is 32.6 Å². The van der Waals surface area contributed by atoms with Gasteiger partial charge in [0, 0.05) is 18.7 Å². The average Bonchev–Trinajstić information content (AvgIpc) is 2.65. The van der Waals surface area contributed by atoms with Crippen molar-refractivity contribution in [2.75, 3.05) is 6.54 Å². The highest BCUT2D eigenvalue weighted by atomic mass is 19.1. The lowest BCUT2D eigenvalue weighted by atomic mass is 9.89. The van der Waals surface area contributed by atoms with Gasteiger partial charge in [-0.3, -0.25) is 4.68 Å². The minimum Gasteiger partial charge on any atom is -0.330 e. The molecule has 0 saturated heterocycles. The Hall–Kier alpha value is -0.900. The standard InChI is InChI=1S/C11H20FN3/c1-4-15-10(5-6-14-15)11(12)9(7-13)8(2)3/h5-6,8-9,11H,4,7,13H2,1-3H3. The number of alkyl halides is 1. The third-order valence-electron chi connectivity index (χ3n) is 2.84. The normalized spacial score (nSPS) is 15.6. The maximum atomic E-state index is 14.2. The molecule has 1 aromatic heterocycles. The van der Waals surface area contributed by atoms with Gasteiger partial charge in [-0.15, -0.1) is 0 Å². The lowest BCUT2D eigenvalue weighted by molar-refractivity contribution is 0.178. The molecule has 15 heavy (non-hydrogen) atoms. The second-order valence-electron chi connectivity index (χ2n) is 4.12. The topological polar surface area (TPSA) is 43.8 Å². The summed E-state index contributed by atoms with van der Waals surface area (Å²) in [6.45, 7) is 7.01. The first kappa shape index (κ1) is 12.2. The summed E-state index contributed by atoms with van der Waals surface area (Å²) in [4.78, 5) is 0. The number of nitrogens with zero attached hydrogens (tertiary/aromatic N) is 2. The maximum absolute atomic E-state index is 14.2. The highest BCUT2D eigenvalue weighted by Crippen LogP contribution is 2.30. The molecule has 1 rings (SSSR count). The third-order valence-corrected chi connectivity index (χ3v) is 2.84. The average molecular weight is 213 g/mol. The molecule has 86 valence electrons. The molecule has 0 aliphatic carbocycles. The zero-order valence-electron chi connectivity index (χ0n) is 9.65. The van der Waals surface area contributed by atoms with Crippen molar-refractivity contribution in [1.82, 2.24) is 9.78 Å². The largest absolute Gasteiger partial charge is 0.330 e. The summed E-state index contributed by atoms with van der Waals surface area (Å²) in [6.07, 6.45) is 0.622. The van der Waals surface area contributed by atoms with E-state index in [2.05, 4.69) is 5.10 Å². The smallest absolute Gasteiger partial charge is 0.146 e. The zero-order chi connectivity index (χ0) is 11.4. The maximum Gasteiger partial charge on any atom is 0.146 e. The van der Waals surface area contributed by atoms with Crippen molar-refractivity contribution in [3.05, 3.63) is 18.0 Å². The zero-order valence-corrected chi connectivity index (χ0v) is 9.65. The van der Waals surface area contributed by atoms with Gasteiger partial charge in [0.05, 0.1) is 5.69 Å². The highest BCUT2D eigenvalue weighted by molar-refractivity contribution is 5.06. The predicted molar refractivity (Wildman–Crippen MR) is 59.1 cm³/mol. The van der Waals surface area contributed by atoms with Gasteiger partial charge in [0.1, 0.15) is 6.17 Å². The van der Waals surface area contributed by atoms with Gasteiger partial charge < -0.3 is 5.73 Å². The number of aromatic nitrogens is 2. The summed E-state index contributed by atoms with van der Waals surface area (Å²) in [6, 6.07) is 1.74. The summed E-state index contributed by atoms with van der Waals surface area (Å²) < 4.78 is 15.9. The molecule has 4 heteroatoms. The lowest BCUT2D eigenvalue weighted by Crippen LogP contribution is -2.26. The van der Waals surface area contributed by atoms with Crippen LogP contribution in [0.25, 0.3) is 0 Å². The van der Waals surface area contributed by atoms with E-state index in [4.69, 9.17) is 5.73 Å². The molecule has 2 N–H and O–H groups in total. The fourth-order valence-corrected chi connectivity index (χ4v) is 1.79. The van der Waals surface area contributed by atoms with E-state index in [1.165, 1.54) is 0 Å². The Balaban J connectivity index is 2.87. The number of aryl methyl sites for hydroxylation is 1. The molecule has 1 heterocycles. The number of rotatable bonds is 5. The van der Waals surface area contributed by atoms with Crippen LogP contribution in [0.5, 0.6) is 0 Å². The first-order valence-corrected chi connectivity index (χ1v) is 5.47. The van der Waals surface area contributed by atoms with Crippen LogP contribution in [-0.4, -0.2) is 16.3 Å². The number of hydrogen-bond acceptors (Lipinski definition) is 2. The molecule has 0 radical (unpaired) electrons. The van der Waals surface area contributed by atoms with Crippen molar-refractivity contribution in [3.8, 4) is 0 Å². The van der Waals surface area contributed by atoms with Gasteiger partial charge in [0.25, 0.3) is 0 Å². The van der Waals surface area contributed by atoms with Crippen molar-refractivity contribution in [2.24, 2.45) is 17.6 Å². The number of hydrogen-bond donors (Lipinski definition) is 1. The van der Waals surface area contributed by atoms with Gasteiger partial charge in [0.15, 0.2) is 0 Å². The number of nitrogens with two attached hydrogens (primary N) is 1. The van der Waals surface area contributed by atoms with Crippen molar-refractivity contribution in [3.63, 3.8) is 0 Å². The van der Waals surface area contributed by atoms with Crippen LogP contribution in [0.15, 0.2) is 12.3 Å². The molecule has 0 saturated carbocycles. The fraction of sp³-hybridized carbons (Fsp3) is 0.727. The van der Waals surface area contributed by atoms with Crippen LogP contribution in [0.2, 0.25) is 0 Å². The van der Waals surface area contributed by atoms with Crippen molar-refractivity contribution in [2.45, 2.75) is 33.5 Å². The minimum atomic E-state index is -1.02. The van der Waals surface area contributed by atoms with Gasteiger partial charge in [-0.2, -0.15) is 5.10 Å². The molecule has 0 aromatic carbocycles. The third kappa shape index (κ3) is 2.56. The Labute approximate surface area is 90.5 Å². The Morgan fingerprint density at radius 2 is 2.20 bits per heavy atom. The molecule has 3 nitrogen and oxygen atoms in total. The fourth-order valence-electron chi connectivity index (χ4n) is 1.79. The van der Waals surface area contributed by atoms with Crippen molar-refractivity contribution in [1.29, 1.82) is 0 Å². The molecule has 0 amide bonds. The van der Waals surface area contributed by atoms with Crippen LogP contribution in [0, 0.1) is 11.8 Å². The summed E-state index contributed by atoms with van der Waals surface area (Å²) in [5.41, 5.74) is 6.24. The van der Waals surface area contributed by atoms with E-state index in [0.29, 0.717) is 18.8 Å². The molecule has 1 aromatic rings. The van der Waals surface area contributed by atoms with Gasteiger partial charge in [0.2, 0.25) is 0 Å². The lowest BCUT2D eigenvalue weighted by Gasteiger charge is -2.23. The van der Waals surface area contributed by atoms with E-state index in [9.17, 15) is 4.39 Å². The van der Waals surface area contributed by atoms with E-state index in [-0.39, 0.29) is 11.8 Å². The second-order valence-corrected chi connectivity index (χ2v) is 4.12. The number of halogens is 1. The molecular formula is C11H20FN3.